The Labute approximate surface area is 94.1 Å². The molecule has 0 bridgehead atoms. The lowest BCUT2D eigenvalue weighted by Gasteiger charge is -1.98. The van der Waals surface area contributed by atoms with Gasteiger partial charge in [-0.1, -0.05) is 22.0 Å². The maximum atomic E-state index is 4.84. The van der Waals surface area contributed by atoms with E-state index >= 15 is 0 Å². The van der Waals surface area contributed by atoms with E-state index < -0.39 is 0 Å². The van der Waals surface area contributed by atoms with E-state index in [0.717, 1.165) is 4.47 Å². The van der Waals surface area contributed by atoms with Crippen LogP contribution in [0.1, 0.15) is 5.56 Å². The van der Waals surface area contributed by atoms with Crippen molar-refractivity contribution in [1.82, 2.24) is 0 Å². The van der Waals surface area contributed by atoms with Gasteiger partial charge >= 0.3 is 0 Å². The van der Waals surface area contributed by atoms with Gasteiger partial charge in [0.05, 0.1) is 13.4 Å². The van der Waals surface area contributed by atoms with Crippen LogP contribution in [0.4, 0.5) is 0 Å². The summed E-state index contributed by atoms with van der Waals surface area (Å²) in [6.45, 7) is 0. The molecule has 0 radical (unpaired) electrons. The van der Waals surface area contributed by atoms with E-state index in [1.54, 1.807) is 13.4 Å². The lowest BCUT2D eigenvalue weighted by molar-refractivity contribution is 0.341. The van der Waals surface area contributed by atoms with Crippen LogP contribution in [0.5, 0.6) is 0 Å². The van der Waals surface area contributed by atoms with Crippen LogP contribution < -0.4 is 0 Å². The summed E-state index contributed by atoms with van der Waals surface area (Å²) in [5, 5.41) is 0. The average molecular weight is 339 g/mol. The molecule has 1 nitrogen and oxygen atoms in total. The van der Waals surface area contributed by atoms with Crippen LogP contribution in [0.25, 0.3) is 6.08 Å². The van der Waals surface area contributed by atoms with Crippen LogP contribution in [-0.2, 0) is 4.74 Å². The Morgan fingerprint density at radius 3 is 2.83 bits per heavy atom. The molecule has 1 rings (SSSR count). The molecular weight excluding hydrogens is 331 g/mol. The van der Waals surface area contributed by atoms with Gasteiger partial charge in [0.15, 0.2) is 0 Å². The highest BCUT2D eigenvalue weighted by Gasteiger charge is 1.95. The first kappa shape index (κ1) is 10.1. The van der Waals surface area contributed by atoms with Crippen molar-refractivity contribution < 1.29 is 4.74 Å². The van der Waals surface area contributed by atoms with Crippen molar-refractivity contribution >= 4 is 44.6 Å². The number of ether oxygens (including phenoxy) is 1. The molecule has 12 heavy (non-hydrogen) atoms. The van der Waals surface area contributed by atoms with E-state index in [9.17, 15) is 0 Å². The molecule has 0 saturated carbocycles. The van der Waals surface area contributed by atoms with Crippen molar-refractivity contribution in [3.8, 4) is 0 Å². The number of halogens is 2. The zero-order valence-electron chi connectivity index (χ0n) is 6.55. The van der Waals surface area contributed by atoms with E-state index in [1.807, 2.05) is 18.2 Å². The lowest BCUT2D eigenvalue weighted by Crippen LogP contribution is -1.79. The first-order chi connectivity index (χ1) is 5.74. The fraction of sp³-hybridized carbons (Fsp3) is 0.111. The molecule has 1 aromatic rings. The van der Waals surface area contributed by atoms with Crippen molar-refractivity contribution in [2.45, 2.75) is 0 Å². The second kappa shape index (κ2) is 4.87. The van der Waals surface area contributed by atoms with Crippen LogP contribution >= 0.6 is 38.5 Å². The van der Waals surface area contributed by atoms with Gasteiger partial charge in [-0.15, -0.1) is 0 Å². The molecule has 0 aromatic heterocycles. The first-order valence-electron chi connectivity index (χ1n) is 3.38. The number of hydrogen-bond acceptors (Lipinski definition) is 1. The fourth-order valence-corrected chi connectivity index (χ4v) is 2.26. The summed E-state index contributed by atoms with van der Waals surface area (Å²) in [5.41, 5.74) is 1.17. The summed E-state index contributed by atoms with van der Waals surface area (Å²) in [7, 11) is 1.64. The van der Waals surface area contributed by atoms with Gasteiger partial charge in [-0.25, -0.2) is 0 Å². The molecule has 0 aliphatic carbocycles. The minimum Gasteiger partial charge on any atom is -0.504 e. The third-order valence-electron chi connectivity index (χ3n) is 1.35. The van der Waals surface area contributed by atoms with Crippen molar-refractivity contribution in [3.63, 3.8) is 0 Å². The second-order valence-electron chi connectivity index (χ2n) is 2.20. The summed E-state index contributed by atoms with van der Waals surface area (Å²) < 4.78 is 7.14. The van der Waals surface area contributed by atoms with Gasteiger partial charge in [-0.2, -0.15) is 0 Å². The summed E-state index contributed by atoms with van der Waals surface area (Å²) in [6.07, 6.45) is 3.61. The molecule has 0 N–H and O–H groups in total. The van der Waals surface area contributed by atoms with E-state index in [4.69, 9.17) is 4.74 Å². The molecule has 0 aliphatic rings. The number of hydrogen-bond donors (Lipinski definition) is 0. The van der Waals surface area contributed by atoms with Crippen LogP contribution in [0, 0.1) is 3.57 Å². The van der Waals surface area contributed by atoms with Crippen molar-refractivity contribution in [2.24, 2.45) is 0 Å². The Bertz CT molecular complexity index is 297. The normalized spacial score (nSPS) is 10.6. The summed E-state index contributed by atoms with van der Waals surface area (Å²) in [6, 6.07) is 6.12. The van der Waals surface area contributed by atoms with Crippen LogP contribution in [0.3, 0.4) is 0 Å². The third kappa shape index (κ3) is 2.79. The Morgan fingerprint density at radius 1 is 1.50 bits per heavy atom. The highest BCUT2D eigenvalue weighted by molar-refractivity contribution is 14.1. The second-order valence-corrected chi connectivity index (χ2v) is 4.28. The molecule has 3 heteroatoms. The van der Waals surface area contributed by atoms with Crippen molar-refractivity contribution in [2.75, 3.05) is 7.11 Å². The van der Waals surface area contributed by atoms with E-state index in [1.165, 1.54) is 9.13 Å². The largest absolute Gasteiger partial charge is 0.504 e. The highest BCUT2D eigenvalue weighted by Crippen LogP contribution is 2.19. The Hall–Kier alpha value is -0.0300. The number of methoxy groups -OCH3 is 1. The van der Waals surface area contributed by atoms with Gasteiger partial charge in [0.25, 0.3) is 0 Å². The van der Waals surface area contributed by atoms with E-state index in [2.05, 4.69) is 44.6 Å². The molecule has 64 valence electrons. The van der Waals surface area contributed by atoms with E-state index in [-0.39, 0.29) is 0 Å². The topological polar surface area (TPSA) is 9.23 Å². The van der Waals surface area contributed by atoms with Gasteiger partial charge < -0.3 is 4.74 Å². The number of benzene rings is 1. The standard InChI is InChI=1S/C9H8BrIO/c1-12-5-4-7-2-3-8(10)6-9(7)11/h2-6H,1H3. The van der Waals surface area contributed by atoms with Gasteiger partial charge in [-0.05, 0) is 46.4 Å². The zero-order valence-corrected chi connectivity index (χ0v) is 10.3. The maximum Gasteiger partial charge on any atom is 0.0830 e. The van der Waals surface area contributed by atoms with E-state index in [0.29, 0.717) is 0 Å². The number of rotatable bonds is 2. The molecule has 0 aliphatic heterocycles. The summed E-state index contributed by atoms with van der Waals surface area (Å²) in [4.78, 5) is 0. The fourth-order valence-electron chi connectivity index (χ4n) is 0.778. The quantitative estimate of drug-likeness (QED) is 0.590. The molecular formula is C9H8BrIO. The molecule has 0 fully saturated rings. The Morgan fingerprint density at radius 2 is 2.25 bits per heavy atom. The van der Waals surface area contributed by atoms with Crippen LogP contribution in [-0.4, -0.2) is 7.11 Å². The third-order valence-corrected chi connectivity index (χ3v) is 2.77. The minimum absolute atomic E-state index is 1.10. The average Bonchev–Trinajstić information content (AvgIpc) is 2.03. The monoisotopic (exact) mass is 338 g/mol. The molecule has 0 saturated heterocycles. The zero-order chi connectivity index (χ0) is 8.97. The minimum atomic E-state index is 1.10. The first-order valence-corrected chi connectivity index (χ1v) is 5.25. The van der Waals surface area contributed by atoms with Crippen molar-refractivity contribution in [3.05, 3.63) is 38.1 Å². The predicted octanol–water partition coefficient (Wildman–Crippen LogP) is 3.67. The summed E-state index contributed by atoms with van der Waals surface area (Å²) in [5.74, 6) is 0. The van der Waals surface area contributed by atoms with Crippen LogP contribution in [0.15, 0.2) is 28.9 Å². The molecule has 0 heterocycles. The Balaban J connectivity index is 2.94. The maximum absolute atomic E-state index is 4.84. The molecule has 1 aromatic carbocycles. The lowest BCUT2D eigenvalue weighted by atomic mass is 10.2. The van der Waals surface area contributed by atoms with Crippen LogP contribution in [0.2, 0.25) is 0 Å². The predicted molar refractivity (Wildman–Crippen MR) is 62.9 cm³/mol. The van der Waals surface area contributed by atoms with Gasteiger partial charge in [-0.3, -0.25) is 0 Å². The van der Waals surface area contributed by atoms with Gasteiger partial charge in [0.2, 0.25) is 0 Å². The van der Waals surface area contributed by atoms with Crippen molar-refractivity contribution in [1.29, 1.82) is 0 Å². The summed E-state index contributed by atoms with van der Waals surface area (Å²) >= 11 is 5.69. The molecule has 0 unspecified atom stereocenters. The molecule has 0 amide bonds. The smallest absolute Gasteiger partial charge is 0.0830 e. The SMILES string of the molecule is COC=Cc1ccc(Br)cc1I. The molecule has 0 spiro atoms. The van der Waals surface area contributed by atoms with Gasteiger partial charge in [0, 0.05) is 8.04 Å². The molecule has 0 atom stereocenters. The Kier molecular flexibility index (Phi) is 4.08. The highest BCUT2D eigenvalue weighted by atomic mass is 127. The van der Waals surface area contributed by atoms with Gasteiger partial charge in [0.1, 0.15) is 0 Å².